The topological polar surface area (TPSA) is 29.5 Å². The van der Waals surface area contributed by atoms with E-state index in [-0.39, 0.29) is 0 Å². The van der Waals surface area contributed by atoms with Crippen LogP contribution < -0.4 is 4.74 Å². The van der Waals surface area contributed by atoms with Crippen LogP contribution in [0.25, 0.3) is 0 Å². The summed E-state index contributed by atoms with van der Waals surface area (Å²) in [5.41, 5.74) is -0.114. The molecule has 1 aromatic rings. The van der Waals surface area contributed by atoms with Crippen molar-refractivity contribution in [1.82, 2.24) is 0 Å². The lowest BCUT2D eigenvalue weighted by atomic mass is 9.92. The maximum atomic E-state index is 10.2. The second-order valence-corrected chi connectivity index (χ2v) is 4.47. The number of hydrogen-bond donors (Lipinski definition) is 1. The van der Waals surface area contributed by atoms with Crippen LogP contribution in [0.15, 0.2) is 35.3 Å². The molecule has 1 aromatic carbocycles. The Bertz CT molecular complexity index is 359. The standard InChI is InChI=1S/C12H15BrO2/c1-4-7-12(2,14)10-8-9(15-3)5-6-11(10)13/h4-6,8,14H,1,7H2,2-3H3. The van der Waals surface area contributed by atoms with Crippen molar-refractivity contribution in [3.05, 3.63) is 40.9 Å². The van der Waals surface area contributed by atoms with Gasteiger partial charge in [-0.2, -0.15) is 0 Å². The Morgan fingerprint density at radius 3 is 2.80 bits per heavy atom. The third-order valence-corrected chi connectivity index (χ3v) is 2.99. The highest BCUT2D eigenvalue weighted by molar-refractivity contribution is 9.10. The molecule has 0 aliphatic rings. The molecule has 0 fully saturated rings. The summed E-state index contributed by atoms with van der Waals surface area (Å²) in [6, 6.07) is 5.54. The second-order valence-electron chi connectivity index (χ2n) is 3.61. The van der Waals surface area contributed by atoms with Crippen LogP contribution >= 0.6 is 15.9 Å². The summed E-state index contributed by atoms with van der Waals surface area (Å²) >= 11 is 3.42. The van der Waals surface area contributed by atoms with Crippen LogP contribution in [-0.2, 0) is 5.60 Å². The van der Waals surface area contributed by atoms with E-state index in [1.165, 1.54) is 0 Å². The molecule has 0 aromatic heterocycles. The molecule has 0 aliphatic heterocycles. The Morgan fingerprint density at radius 1 is 1.60 bits per heavy atom. The monoisotopic (exact) mass is 270 g/mol. The van der Waals surface area contributed by atoms with Crippen molar-refractivity contribution in [3.8, 4) is 5.75 Å². The zero-order valence-electron chi connectivity index (χ0n) is 8.96. The predicted molar refractivity (Wildman–Crippen MR) is 65.1 cm³/mol. The molecular formula is C12H15BrO2. The Morgan fingerprint density at radius 2 is 2.27 bits per heavy atom. The number of rotatable bonds is 4. The Labute approximate surface area is 98.7 Å². The third kappa shape index (κ3) is 2.83. The summed E-state index contributed by atoms with van der Waals surface area (Å²) in [5, 5.41) is 10.2. The minimum atomic E-state index is -0.922. The summed E-state index contributed by atoms with van der Waals surface area (Å²) in [7, 11) is 1.61. The van der Waals surface area contributed by atoms with Gasteiger partial charge in [0.05, 0.1) is 12.7 Å². The zero-order chi connectivity index (χ0) is 11.5. The Hall–Kier alpha value is -0.800. The van der Waals surface area contributed by atoms with Crippen LogP contribution in [-0.4, -0.2) is 12.2 Å². The van der Waals surface area contributed by atoms with Gasteiger partial charge in [0.25, 0.3) is 0 Å². The summed E-state index contributed by atoms with van der Waals surface area (Å²) in [6.45, 7) is 5.40. The van der Waals surface area contributed by atoms with Gasteiger partial charge < -0.3 is 9.84 Å². The van der Waals surface area contributed by atoms with Crippen molar-refractivity contribution in [2.75, 3.05) is 7.11 Å². The lowest BCUT2D eigenvalue weighted by Gasteiger charge is -2.24. The molecule has 15 heavy (non-hydrogen) atoms. The first-order chi connectivity index (χ1) is 7.01. The first-order valence-electron chi connectivity index (χ1n) is 4.68. The molecule has 0 saturated heterocycles. The lowest BCUT2D eigenvalue weighted by molar-refractivity contribution is 0.0596. The minimum absolute atomic E-state index is 0.499. The predicted octanol–water partition coefficient (Wildman–Crippen LogP) is 3.24. The lowest BCUT2D eigenvalue weighted by Crippen LogP contribution is -2.20. The fraction of sp³-hybridized carbons (Fsp3) is 0.333. The summed E-state index contributed by atoms with van der Waals surface area (Å²) in [4.78, 5) is 0. The first kappa shape index (κ1) is 12.3. The molecule has 1 N–H and O–H groups in total. The van der Waals surface area contributed by atoms with Gasteiger partial charge in [-0.15, -0.1) is 6.58 Å². The molecule has 0 amide bonds. The Balaban J connectivity index is 3.16. The minimum Gasteiger partial charge on any atom is -0.497 e. The van der Waals surface area contributed by atoms with E-state index in [0.29, 0.717) is 6.42 Å². The summed E-state index contributed by atoms with van der Waals surface area (Å²) < 4.78 is 6.00. The fourth-order valence-corrected chi connectivity index (χ4v) is 2.11. The summed E-state index contributed by atoms with van der Waals surface area (Å²) in [6.07, 6.45) is 2.20. The van der Waals surface area contributed by atoms with Crippen LogP contribution in [0.1, 0.15) is 18.9 Å². The number of ether oxygens (including phenoxy) is 1. The molecule has 2 nitrogen and oxygen atoms in total. The second kappa shape index (κ2) is 4.81. The van der Waals surface area contributed by atoms with E-state index in [1.54, 1.807) is 20.1 Å². The molecule has 1 atom stereocenters. The molecule has 0 bridgehead atoms. The van der Waals surface area contributed by atoms with Gasteiger partial charge >= 0.3 is 0 Å². The molecule has 0 saturated carbocycles. The van der Waals surface area contributed by atoms with E-state index < -0.39 is 5.60 Å². The van der Waals surface area contributed by atoms with Gasteiger partial charge in [0, 0.05) is 10.0 Å². The maximum Gasteiger partial charge on any atom is 0.119 e. The van der Waals surface area contributed by atoms with Gasteiger partial charge in [0.2, 0.25) is 0 Å². The maximum absolute atomic E-state index is 10.2. The summed E-state index contributed by atoms with van der Waals surface area (Å²) in [5.74, 6) is 0.734. The highest BCUT2D eigenvalue weighted by Gasteiger charge is 2.24. The van der Waals surface area contributed by atoms with Gasteiger partial charge in [0.1, 0.15) is 5.75 Å². The van der Waals surface area contributed by atoms with Crippen LogP contribution in [0.4, 0.5) is 0 Å². The van der Waals surface area contributed by atoms with Crippen molar-refractivity contribution >= 4 is 15.9 Å². The molecule has 0 heterocycles. The van der Waals surface area contributed by atoms with E-state index in [0.717, 1.165) is 15.8 Å². The van der Waals surface area contributed by atoms with Crippen LogP contribution in [0.2, 0.25) is 0 Å². The molecular weight excluding hydrogens is 256 g/mol. The molecule has 0 spiro atoms. The largest absolute Gasteiger partial charge is 0.497 e. The number of methoxy groups -OCH3 is 1. The van der Waals surface area contributed by atoms with Gasteiger partial charge in [-0.1, -0.05) is 22.0 Å². The molecule has 0 aliphatic carbocycles. The molecule has 1 rings (SSSR count). The SMILES string of the molecule is C=CCC(C)(O)c1cc(OC)ccc1Br. The highest BCUT2D eigenvalue weighted by atomic mass is 79.9. The van der Waals surface area contributed by atoms with Crippen molar-refractivity contribution in [1.29, 1.82) is 0 Å². The van der Waals surface area contributed by atoms with Crippen LogP contribution in [0.3, 0.4) is 0 Å². The normalized spacial score (nSPS) is 14.4. The van der Waals surface area contributed by atoms with Crippen molar-refractivity contribution in [2.24, 2.45) is 0 Å². The van der Waals surface area contributed by atoms with Gasteiger partial charge in [-0.25, -0.2) is 0 Å². The zero-order valence-corrected chi connectivity index (χ0v) is 10.5. The molecule has 82 valence electrons. The van der Waals surface area contributed by atoms with E-state index in [9.17, 15) is 5.11 Å². The van der Waals surface area contributed by atoms with E-state index in [1.807, 2.05) is 18.2 Å². The van der Waals surface area contributed by atoms with Gasteiger partial charge in [0.15, 0.2) is 0 Å². The van der Waals surface area contributed by atoms with E-state index in [4.69, 9.17) is 4.74 Å². The number of hydrogen-bond acceptors (Lipinski definition) is 2. The van der Waals surface area contributed by atoms with Crippen molar-refractivity contribution in [3.63, 3.8) is 0 Å². The van der Waals surface area contributed by atoms with Crippen LogP contribution in [0, 0.1) is 0 Å². The molecule has 3 heteroatoms. The molecule has 0 radical (unpaired) electrons. The van der Waals surface area contributed by atoms with Gasteiger partial charge in [-0.05, 0) is 31.5 Å². The fourth-order valence-electron chi connectivity index (χ4n) is 1.44. The van der Waals surface area contributed by atoms with E-state index >= 15 is 0 Å². The number of benzene rings is 1. The number of aliphatic hydroxyl groups is 1. The number of halogens is 1. The quantitative estimate of drug-likeness (QED) is 0.852. The van der Waals surface area contributed by atoms with Crippen molar-refractivity contribution in [2.45, 2.75) is 18.9 Å². The first-order valence-corrected chi connectivity index (χ1v) is 5.48. The highest BCUT2D eigenvalue weighted by Crippen LogP contribution is 2.33. The Kier molecular flexibility index (Phi) is 3.94. The third-order valence-electron chi connectivity index (χ3n) is 2.30. The van der Waals surface area contributed by atoms with E-state index in [2.05, 4.69) is 22.5 Å². The smallest absolute Gasteiger partial charge is 0.119 e. The van der Waals surface area contributed by atoms with Crippen molar-refractivity contribution < 1.29 is 9.84 Å². The van der Waals surface area contributed by atoms with Gasteiger partial charge in [-0.3, -0.25) is 0 Å². The average molecular weight is 271 g/mol. The van der Waals surface area contributed by atoms with Crippen LogP contribution in [0.5, 0.6) is 5.75 Å². The average Bonchev–Trinajstić information content (AvgIpc) is 2.18. The molecule has 1 unspecified atom stereocenters.